The SMILES string of the molecule is CCOC(=O)c1cccc(Nc2ccccc2F)c1. The first-order valence-electron chi connectivity index (χ1n) is 5.99. The van der Waals surface area contributed by atoms with Crippen LogP contribution in [-0.2, 0) is 4.74 Å². The smallest absolute Gasteiger partial charge is 0.338 e. The number of ether oxygens (including phenoxy) is 1. The second kappa shape index (κ2) is 6.00. The first-order valence-corrected chi connectivity index (χ1v) is 5.99. The van der Waals surface area contributed by atoms with Crippen LogP contribution in [0.2, 0.25) is 0 Å². The lowest BCUT2D eigenvalue weighted by Gasteiger charge is -2.08. The Morgan fingerprint density at radius 2 is 2.00 bits per heavy atom. The zero-order valence-electron chi connectivity index (χ0n) is 10.5. The molecule has 0 saturated heterocycles. The molecule has 0 spiro atoms. The van der Waals surface area contributed by atoms with Gasteiger partial charge in [0.25, 0.3) is 0 Å². The summed E-state index contributed by atoms with van der Waals surface area (Å²) in [6.45, 7) is 2.07. The third-order valence-electron chi connectivity index (χ3n) is 2.53. The van der Waals surface area contributed by atoms with E-state index in [2.05, 4.69) is 5.32 Å². The Kier molecular flexibility index (Phi) is 4.13. The number of nitrogens with one attached hydrogen (secondary N) is 1. The molecule has 0 saturated carbocycles. The second-order valence-corrected chi connectivity index (χ2v) is 3.91. The van der Waals surface area contributed by atoms with Gasteiger partial charge in [0, 0.05) is 5.69 Å². The van der Waals surface area contributed by atoms with Crippen LogP contribution >= 0.6 is 0 Å². The van der Waals surface area contributed by atoms with Gasteiger partial charge in [0.05, 0.1) is 17.9 Å². The summed E-state index contributed by atoms with van der Waals surface area (Å²) in [7, 11) is 0. The van der Waals surface area contributed by atoms with E-state index in [0.717, 1.165) is 0 Å². The van der Waals surface area contributed by atoms with Crippen molar-refractivity contribution in [2.24, 2.45) is 0 Å². The van der Waals surface area contributed by atoms with E-state index in [4.69, 9.17) is 4.74 Å². The van der Waals surface area contributed by atoms with Gasteiger partial charge in [0.1, 0.15) is 5.82 Å². The number of benzene rings is 2. The predicted octanol–water partition coefficient (Wildman–Crippen LogP) is 3.75. The fraction of sp³-hybridized carbons (Fsp3) is 0.133. The maximum atomic E-state index is 13.5. The first-order chi connectivity index (χ1) is 9.20. The van der Waals surface area contributed by atoms with Crippen LogP contribution in [0.15, 0.2) is 48.5 Å². The molecule has 0 fully saturated rings. The number of esters is 1. The third-order valence-corrected chi connectivity index (χ3v) is 2.53. The summed E-state index contributed by atoms with van der Waals surface area (Å²) in [6, 6.07) is 13.1. The zero-order valence-corrected chi connectivity index (χ0v) is 10.5. The molecule has 0 aromatic heterocycles. The van der Waals surface area contributed by atoms with Crippen LogP contribution in [0, 0.1) is 5.82 Å². The topological polar surface area (TPSA) is 38.3 Å². The van der Waals surface area contributed by atoms with Crippen LogP contribution in [-0.4, -0.2) is 12.6 Å². The largest absolute Gasteiger partial charge is 0.462 e. The Morgan fingerprint density at radius 3 is 2.74 bits per heavy atom. The van der Waals surface area contributed by atoms with Gasteiger partial charge in [0.15, 0.2) is 0 Å². The van der Waals surface area contributed by atoms with Gasteiger partial charge < -0.3 is 10.1 Å². The summed E-state index contributed by atoms with van der Waals surface area (Å²) in [5.74, 6) is -0.733. The minimum absolute atomic E-state index is 0.323. The highest BCUT2D eigenvalue weighted by Gasteiger charge is 2.07. The van der Waals surface area contributed by atoms with E-state index in [-0.39, 0.29) is 11.8 Å². The van der Waals surface area contributed by atoms with E-state index in [9.17, 15) is 9.18 Å². The van der Waals surface area contributed by atoms with Gasteiger partial charge in [-0.25, -0.2) is 9.18 Å². The lowest BCUT2D eigenvalue weighted by atomic mass is 10.2. The van der Waals surface area contributed by atoms with Gasteiger partial charge >= 0.3 is 5.97 Å². The van der Waals surface area contributed by atoms with Crippen molar-refractivity contribution >= 4 is 17.3 Å². The number of carbonyl (C=O) groups is 1. The van der Waals surface area contributed by atoms with Crippen molar-refractivity contribution in [3.63, 3.8) is 0 Å². The average molecular weight is 259 g/mol. The molecule has 0 atom stereocenters. The summed E-state index contributed by atoms with van der Waals surface area (Å²) >= 11 is 0. The fourth-order valence-electron chi connectivity index (χ4n) is 1.66. The van der Waals surface area contributed by atoms with Gasteiger partial charge in [-0.15, -0.1) is 0 Å². The lowest BCUT2D eigenvalue weighted by molar-refractivity contribution is 0.0526. The molecule has 98 valence electrons. The summed E-state index contributed by atoms with van der Waals surface area (Å²) in [6.07, 6.45) is 0. The summed E-state index contributed by atoms with van der Waals surface area (Å²) in [4.78, 5) is 11.6. The Morgan fingerprint density at radius 1 is 1.21 bits per heavy atom. The molecule has 2 aromatic rings. The summed E-state index contributed by atoms with van der Waals surface area (Å²) in [5, 5.41) is 2.93. The monoisotopic (exact) mass is 259 g/mol. The molecule has 3 nitrogen and oxygen atoms in total. The van der Waals surface area contributed by atoms with Gasteiger partial charge in [-0.1, -0.05) is 18.2 Å². The van der Waals surface area contributed by atoms with Crippen molar-refractivity contribution in [3.05, 3.63) is 59.9 Å². The second-order valence-electron chi connectivity index (χ2n) is 3.91. The van der Waals surface area contributed by atoms with Crippen molar-refractivity contribution in [3.8, 4) is 0 Å². The van der Waals surface area contributed by atoms with Crippen LogP contribution in [0.5, 0.6) is 0 Å². The number of rotatable bonds is 4. The fourth-order valence-corrected chi connectivity index (χ4v) is 1.66. The molecule has 1 N–H and O–H groups in total. The third kappa shape index (κ3) is 3.31. The standard InChI is InChI=1S/C15H14FNO2/c1-2-19-15(18)11-6-5-7-12(10-11)17-14-9-4-3-8-13(14)16/h3-10,17H,2H2,1H3. The maximum Gasteiger partial charge on any atom is 0.338 e. The normalized spacial score (nSPS) is 10.0. The van der Waals surface area contributed by atoms with Crippen molar-refractivity contribution in [2.75, 3.05) is 11.9 Å². The van der Waals surface area contributed by atoms with E-state index in [1.54, 1.807) is 49.4 Å². The van der Waals surface area contributed by atoms with Crippen LogP contribution in [0.4, 0.5) is 15.8 Å². The molecule has 2 aromatic carbocycles. The minimum Gasteiger partial charge on any atom is -0.462 e. The van der Waals surface area contributed by atoms with Crippen LogP contribution < -0.4 is 5.32 Å². The predicted molar refractivity (Wildman–Crippen MR) is 72.1 cm³/mol. The van der Waals surface area contributed by atoms with Crippen molar-refractivity contribution in [2.45, 2.75) is 6.92 Å². The molecule has 0 aliphatic rings. The highest BCUT2D eigenvalue weighted by atomic mass is 19.1. The van der Waals surface area contributed by atoms with Gasteiger partial charge in [-0.3, -0.25) is 0 Å². The molecule has 0 aliphatic carbocycles. The molecular formula is C15H14FNO2. The van der Waals surface area contributed by atoms with E-state index in [0.29, 0.717) is 23.5 Å². The molecule has 0 radical (unpaired) electrons. The van der Waals surface area contributed by atoms with Crippen LogP contribution in [0.1, 0.15) is 17.3 Å². The Balaban J connectivity index is 2.20. The van der Waals surface area contributed by atoms with Crippen molar-refractivity contribution < 1.29 is 13.9 Å². The number of anilines is 2. The number of para-hydroxylation sites is 1. The molecule has 0 unspecified atom stereocenters. The highest BCUT2D eigenvalue weighted by Crippen LogP contribution is 2.20. The van der Waals surface area contributed by atoms with Crippen LogP contribution in [0.3, 0.4) is 0 Å². The van der Waals surface area contributed by atoms with Gasteiger partial charge in [0.2, 0.25) is 0 Å². The Bertz CT molecular complexity index is 584. The Labute approximate surface area is 111 Å². The number of carbonyl (C=O) groups excluding carboxylic acids is 1. The minimum atomic E-state index is -0.389. The maximum absolute atomic E-state index is 13.5. The van der Waals surface area contributed by atoms with E-state index < -0.39 is 0 Å². The average Bonchev–Trinajstić information content (AvgIpc) is 2.42. The zero-order chi connectivity index (χ0) is 13.7. The molecule has 4 heteroatoms. The highest BCUT2D eigenvalue weighted by molar-refractivity contribution is 5.90. The van der Waals surface area contributed by atoms with E-state index in [1.807, 2.05) is 0 Å². The number of hydrogen-bond acceptors (Lipinski definition) is 3. The molecule has 0 bridgehead atoms. The summed E-state index contributed by atoms with van der Waals surface area (Å²) < 4.78 is 18.4. The molecule has 19 heavy (non-hydrogen) atoms. The number of hydrogen-bond donors (Lipinski definition) is 1. The quantitative estimate of drug-likeness (QED) is 0.850. The summed E-state index contributed by atoms with van der Waals surface area (Å²) in [5.41, 5.74) is 1.43. The molecular weight excluding hydrogens is 245 g/mol. The van der Waals surface area contributed by atoms with Crippen molar-refractivity contribution in [1.29, 1.82) is 0 Å². The van der Waals surface area contributed by atoms with Gasteiger partial charge in [-0.05, 0) is 37.3 Å². The lowest BCUT2D eigenvalue weighted by Crippen LogP contribution is -2.05. The van der Waals surface area contributed by atoms with Crippen molar-refractivity contribution in [1.82, 2.24) is 0 Å². The first kappa shape index (κ1) is 13.1. The van der Waals surface area contributed by atoms with E-state index >= 15 is 0 Å². The van der Waals surface area contributed by atoms with Crippen LogP contribution in [0.25, 0.3) is 0 Å². The molecule has 0 heterocycles. The van der Waals surface area contributed by atoms with E-state index in [1.165, 1.54) is 6.07 Å². The number of halogens is 1. The molecule has 0 aliphatic heterocycles. The van der Waals surface area contributed by atoms with Gasteiger partial charge in [-0.2, -0.15) is 0 Å². The Hall–Kier alpha value is -2.36. The molecule has 0 amide bonds. The molecule has 2 rings (SSSR count).